The molecule has 0 spiro atoms. The van der Waals surface area contributed by atoms with E-state index in [0.29, 0.717) is 43.1 Å². The molecule has 0 heterocycles. The molecule has 0 saturated heterocycles. The average molecular weight is 475 g/mol. The van der Waals surface area contributed by atoms with Crippen LogP contribution in [0.1, 0.15) is 0 Å². The summed E-state index contributed by atoms with van der Waals surface area (Å²) in [4.78, 5) is 0. The van der Waals surface area contributed by atoms with Gasteiger partial charge in [0.1, 0.15) is 23.0 Å². The summed E-state index contributed by atoms with van der Waals surface area (Å²) in [6.45, 7) is 0. The summed E-state index contributed by atoms with van der Waals surface area (Å²) < 4.78 is 12.0. The van der Waals surface area contributed by atoms with Gasteiger partial charge in [-0.1, -0.05) is 70.7 Å². The van der Waals surface area contributed by atoms with Crippen LogP contribution in [0.25, 0.3) is 11.1 Å². The number of ether oxygens (including phenoxy) is 2. The molecule has 4 aromatic rings. The molecule has 0 N–H and O–H groups in total. The molecule has 30 heavy (non-hydrogen) atoms. The fourth-order valence-electron chi connectivity index (χ4n) is 2.86. The maximum Gasteiger partial charge on any atom is 0.135 e. The van der Waals surface area contributed by atoms with E-state index in [1.54, 1.807) is 42.5 Å². The molecule has 4 rings (SSSR count). The maximum atomic E-state index is 6.10. The van der Waals surface area contributed by atoms with Gasteiger partial charge in [-0.15, -0.1) is 0 Å². The Balaban J connectivity index is 1.64. The van der Waals surface area contributed by atoms with Crippen LogP contribution in [0.2, 0.25) is 20.1 Å². The predicted molar refractivity (Wildman–Crippen MR) is 124 cm³/mol. The first-order valence-corrected chi connectivity index (χ1v) is 10.4. The predicted octanol–water partition coefficient (Wildman–Crippen LogP) is 9.35. The summed E-state index contributed by atoms with van der Waals surface area (Å²) in [6.07, 6.45) is 0. The lowest BCUT2D eigenvalue weighted by Gasteiger charge is -2.13. The number of halogens is 4. The van der Waals surface area contributed by atoms with Gasteiger partial charge in [-0.3, -0.25) is 0 Å². The zero-order valence-corrected chi connectivity index (χ0v) is 18.4. The number of rotatable bonds is 5. The van der Waals surface area contributed by atoms with Crippen molar-refractivity contribution in [3.8, 4) is 34.1 Å². The second kappa shape index (κ2) is 9.20. The van der Waals surface area contributed by atoms with Crippen molar-refractivity contribution in [2.24, 2.45) is 0 Å². The first-order valence-electron chi connectivity index (χ1n) is 8.85. The van der Waals surface area contributed by atoms with E-state index in [2.05, 4.69) is 6.07 Å². The van der Waals surface area contributed by atoms with Gasteiger partial charge in [-0.05, 0) is 60.2 Å². The molecule has 6 heteroatoms. The molecule has 0 aromatic heterocycles. The van der Waals surface area contributed by atoms with Crippen LogP contribution in [0.3, 0.4) is 0 Å². The van der Waals surface area contributed by atoms with E-state index in [9.17, 15) is 0 Å². The SMILES string of the molecule is Clc1cc(Cl)cc(Oc2cccc(-c3cc[c]cc3Oc3ccc(Cl)c(Cl)c3)c2)c1. The minimum atomic E-state index is 0.422. The van der Waals surface area contributed by atoms with Crippen LogP contribution in [0, 0.1) is 6.07 Å². The second-order valence-corrected chi connectivity index (χ2v) is 8.02. The van der Waals surface area contributed by atoms with E-state index < -0.39 is 0 Å². The van der Waals surface area contributed by atoms with Gasteiger partial charge in [0.25, 0.3) is 0 Å². The summed E-state index contributed by atoms with van der Waals surface area (Å²) in [6, 6.07) is 26.4. The fraction of sp³-hybridized carbons (Fsp3) is 0. The molecular weight excluding hydrogens is 462 g/mol. The molecule has 0 unspecified atom stereocenters. The zero-order chi connectivity index (χ0) is 21.1. The smallest absolute Gasteiger partial charge is 0.135 e. The third-order valence-corrected chi connectivity index (χ3v) is 5.34. The Morgan fingerprint density at radius 1 is 0.633 bits per heavy atom. The molecule has 4 aromatic carbocycles. The lowest BCUT2D eigenvalue weighted by molar-refractivity contribution is 0.481. The van der Waals surface area contributed by atoms with Crippen LogP contribution in [0.4, 0.5) is 0 Å². The van der Waals surface area contributed by atoms with Crippen LogP contribution >= 0.6 is 46.4 Å². The molecule has 149 valence electrons. The van der Waals surface area contributed by atoms with Gasteiger partial charge >= 0.3 is 0 Å². The highest BCUT2D eigenvalue weighted by Crippen LogP contribution is 2.37. The third kappa shape index (κ3) is 5.03. The van der Waals surface area contributed by atoms with Crippen molar-refractivity contribution >= 4 is 46.4 Å². The van der Waals surface area contributed by atoms with E-state index >= 15 is 0 Å². The van der Waals surface area contributed by atoms with Crippen molar-refractivity contribution in [3.63, 3.8) is 0 Å². The second-order valence-electron chi connectivity index (χ2n) is 6.34. The Morgan fingerprint density at radius 3 is 2.17 bits per heavy atom. The molecular formula is C24H13Cl4O2. The van der Waals surface area contributed by atoms with Gasteiger partial charge in [0.05, 0.1) is 10.0 Å². The van der Waals surface area contributed by atoms with Gasteiger partial charge in [-0.25, -0.2) is 0 Å². The Labute approximate surface area is 194 Å². The molecule has 1 radical (unpaired) electrons. The highest BCUT2D eigenvalue weighted by molar-refractivity contribution is 6.42. The Hall–Kier alpha value is -2.36. The summed E-state index contributed by atoms with van der Waals surface area (Å²) >= 11 is 24.2. The highest BCUT2D eigenvalue weighted by atomic mass is 35.5. The molecule has 0 aliphatic heterocycles. The number of hydrogen-bond acceptors (Lipinski definition) is 2. The highest BCUT2D eigenvalue weighted by Gasteiger charge is 2.10. The Bertz CT molecular complexity index is 1190. The van der Waals surface area contributed by atoms with E-state index in [-0.39, 0.29) is 0 Å². The third-order valence-electron chi connectivity index (χ3n) is 4.16. The summed E-state index contributed by atoms with van der Waals surface area (Å²) in [5, 5.41) is 1.90. The lowest BCUT2D eigenvalue weighted by atomic mass is 10.0. The summed E-state index contributed by atoms with van der Waals surface area (Å²) in [7, 11) is 0. The van der Waals surface area contributed by atoms with Crippen molar-refractivity contribution < 1.29 is 9.47 Å². The normalized spacial score (nSPS) is 10.7. The van der Waals surface area contributed by atoms with Crippen molar-refractivity contribution in [1.82, 2.24) is 0 Å². The van der Waals surface area contributed by atoms with Crippen molar-refractivity contribution in [2.75, 3.05) is 0 Å². The van der Waals surface area contributed by atoms with Crippen LogP contribution in [-0.4, -0.2) is 0 Å². The maximum absolute atomic E-state index is 6.10. The monoisotopic (exact) mass is 473 g/mol. The topological polar surface area (TPSA) is 18.5 Å². The molecule has 0 fully saturated rings. The largest absolute Gasteiger partial charge is 0.457 e. The molecule has 0 aliphatic carbocycles. The average Bonchev–Trinajstić information content (AvgIpc) is 2.71. The minimum absolute atomic E-state index is 0.422. The van der Waals surface area contributed by atoms with Crippen LogP contribution in [-0.2, 0) is 0 Å². The first-order chi connectivity index (χ1) is 14.5. The summed E-state index contributed by atoms with van der Waals surface area (Å²) in [5.74, 6) is 2.39. The van der Waals surface area contributed by atoms with E-state index in [1.165, 1.54) is 0 Å². The molecule has 0 atom stereocenters. The van der Waals surface area contributed by atoms with Crippen molar-refractivity contribution in [2.45, 2.75) is 0 Å². The molecule has 0 amide bonds. The molecule has 0 bridgehead atoms. The van der Waals surface area contributed by atoms with E-state index in [0.717, 1.165) is 11.1 Å². The van der Waals surface area contributed by atoms with Gasteiger partial charge < -0.3 is 9.47 Å². The quantitative estimate of drug-likeness (QED) is 0.286. The standard InChI is InChI=1S/C24H13Cl4O2/c25-16-11-17(26)13-20(12-16)29-18-5-3-4-15(10-18)21-6-1-2-7-24(21)30-19-8-9-22(27)23(28)14-19/h1,3-14H. The van der Waals surface area contributed by atoms with Gasteiger partial charge in [0.15, 0.2) is 0 Å². The first kappa shape index (κ1) is 20.9. The van der Waals surface area contributed by atoms with Gasteiger partial charge in [-0.2, -0.15) is 0 Å². The fourth-order valence-corrected chi connectivity index (χ4v) is 3.65. The molecule has 2 nitrogen and oxygen atoms in total. The van der Waals surface area contributed by atoms with Crippen LogP contribution in [0.5, 0.6) is 23.0 Å². The van der Waals surface area contributed by atoms with Gasteiger partial charge in [0, 0.05) is 21.7 Å². The number of hydrogen-bond donors (Lipinski definition) is 0. The van der Waals surface area contributed by atoms with E-state index in [4.69, 9.17) is 55.9 Å². The zero-order valence-electron chi connectivity index (χ0n) is 15.3. The van der Waals surface area contributed by atoms with Crippen LogP contribution in [0.15, 0.2) is 78.9 Å². The van der Waals surface area contributed by atoms with Crippen molar-refractivity contribution in [3.05, 3.63) is 105 Å². The Kier molecular flexibility index (Phi) is 6.40. The molecule has 0 aliphatic rings. The molecule has 0 saturated carbocycles. The summed E-state index contributed by atoms with van der Waals surface area (Å²) in [5.41, 5.74) is 1.78. The Morgan fingerprint density at radius 2 is 1.40 bits per heavy atom. The lowest BCUT2D eigenvalue weighted by Crippen LogP contribution is -1.90. The van der Waals surface area contributed by atoms with E-state index in [1.807, 2.05) is 36.4 Å². The van der Waals surface area contributed by atoms with Gasteiger partial charge in [0.2, 0.25) is 0 Å². The number of benzene rings is 4. The minimum Gasteiger partial charge on any atom is -0.457 e. The van der Waals surface area contributed by atoms with Crippen LogP contribution < -0.4 is 9.47 Å². The van der Waals surface area contributed by atoms with Crippen molar-refractivity contribution in [1.29, 1.82) is 0 Å².